The fourth-order valence-corrected chi connectivity index (χ4v) is 3.75. The number of aliphatic hydroxyl groups is 1. The van der Waals surface area contributed by atoms with Gasteiger partial charge in [0.1, 0.15) is 0 Å². The van der Waals surface area contributed by atoms with Gasteiger partial charge >= 0.3 is 0 Å². The van der Waals surface area contributed by atoms with Gasteiger partial charge in [0, 0.05) is 30.6 Å². The monoisotopic (exact) mass is 373 g/mol. The molecular formula is C22H28ClNO2. The molecule has 3 nitrogen and oxygen atoms in total. The topological polar surface area (TPSA) is 32.7 Å². The van der Waals surface area contributed by atoms with Crippen molar-refractivity contribution in [3.8, 4) is 0 Å². The highest BCUT2D eigenvalue weighted by Gasteiger charge is 2.36. The Morgan fingerprint density at radius 2 is 1.69 bits per heavy atom. The maximum absolute atomic E-state index is 11.6. The summed E-state index contributed by atoms with van der Waals surface area (Å²) in [5, 5.41) is 12.3. The molecule has 0 amide bonds. The lowest BCUT2D eigenvalue weighted by atomic mass is 9.78. The second-order valence-electron chi connectivity index (χ2n) is 7.22. The van der Waals surface area contributed by atoms with Gasteiger partial charge in [0.15, 0.2) is 0 Å². The summed E-state index contributed by atoms with van der Waals surface area (Å²) in [5.74, 6) is -0.0506. The molecule has 1 fully saturated rings. The summed E-state index contributed by atoms with van der Waals surface area (Å²) in [4.78, 5) is 2.37. The van der Waals surface area contributed by atoms with E-state index in [0.717, 1.165) is 50.4 Å². The van der Waals surface area contributed by atoms with E-state index in [1.807, 2.05) is 31.2 Å². The Bertz CT molecular complexity index is 691. The largest absolute Gasteiger partial charge is 0.385 e. The zero-order chi connectivity index (χ0) is 18.6. The molecule has 1 aliphatic rings. The summed E-state index contributed by atoms with van der Waals surface area (Å²) >= 11 is 6.08. The number of hydrogen-bond acceptors (Lipinski definition) is 3. The highest BCUT2D eigenvalue weighted by atomic mass is 35.5. The van der Waals surface area contributed by atoms with Gasteiger partial charge in [0.2, 0.25) is 0 Å². The molecule has 1 aliphatic heterocycles. The van der Waals surface area contributed by atoms with E-state index in [0.29, 0.717) is 5.02 Å². The summed E-state index contributed by atoms with van der Waals surface area (Å²) < 4.78 is 5.48. The Morgan fingerprint density at radius 3 is 2.27 bits per heavy atom. The molecule has 0 spiro atoms. The van der Waals surface area contributed by atoms with E-state index < -0.39 is 5.60 Å². The zero-order valence-electron chi connectivity index (χ0n) is 15.6. The van der Waals surface area contributed by atoms with Crippen molar-refractivity contribution in [3.63, 3.8) is 0 Å². The minimum atomic E-state index is -0.974. The minimum absolute atomic E-state index is 0.0506. The molecule has 4 heteroatoms. The quantitative estimate of drug-likeness (QED) is 0.822. The predicted molar refractivity (Wildman–Crippen MR) is 107 cm³/mol. The summed E-state index contributed by atoms with van der Waals surface area (Å²) in [6, 6.07) is 16.2. The van der Waals surface area contributed by atoms with Crippen molar-refractivity contribution in [1.29, 1.82) is 0 Å². The third-order valence-electron chi connectivity index (χ3n) is 5.44. The summed E-state index contributed by atoms with van der Waals surface area (Å²) in [6.07, 6.45) is 0.997. The van der Waals surface area contributed by atoms with Crippen molar-refractivity contribution >= 4 is 11.6 Å². The number of nitrogens with zero attached hydrogens (tertiary/aromatic N) is 1. The van der Waals surface area contributed by atoms with Crippen molar-refractivity contribution in [2.24, 2.45) is 0 Å². The Kier molecular flexibility index (Phi) is 6.36. The molecule has 0 unspecified atom stereocenters. The molecule has 140 valence electrons. The fraction of sp³-hybridized carbons (Fsp3) is 0.455. The van der Waals surface area contributed by atoms with Gasteiger partial charge in [-0.05, 0) is 42.2 Å². The van der Waals surface area contributed by atoms with Crippen LogP contribution in [0.4, 0.5) is 0 Å². The maximum atomic E-state index is 11.6. The Morgan fingerprint density at radius 1 is 1.08 bits per heavy atom. The Balaban J connectivity index is 1.92. The molecule has 0 radical (unpaired) electrons. The first-order valence-electron chi connectivity index (χ1n) is 9.38. The second-order valence-corrected chi connectivity index (χ2v) is 7.65. The van der Waals surface area contributed by atoms with Gasteiger partial charge in [-0.15, -0.1) is 0 Å². The van der Waals surface area contributed by atoms with E-state index in [1.54, 1.807) is 0 Å². The molecule has 0 aromatic heterocycles. The van der Waals surface area contributed by atoms with Crippen molar-refractivity contribution in [3.05, 3.63) is 70.2 Å². The minimum Gasteiger partial charge on any atom is -0.385 e. The van der Waals surface area contributed by atoms with Crippen molar-refractivity contribution in [1.82, 2.24) is 4.90 Å². The van der Waals surface area contributed by atoms with Gasteiger partial charge in [-0.1, -0.05) is 54.9 Å². The van der Waals surface area contributed by atoms with Crippen molar-refractivity contribution in [2.45, 2.75) is 31.8 Å². The van der Waals surface area contributed by atoms with E-state index >= 15 is 0 Å². The third kappa shape index (κ3) is 4.47. The van der Waals surface area contributed by atoms with E-state index in [1.165, 1.54) is 5.56 Å². The summed E-state index contributed by atoms with van der Waals surface area (Å²) in [7, 11) is 0. The lowest BCUT2D eigenvalue weighted by Crippen LogP contribution is -2.43. The van der Waals surface area contributed by atoms with Crippen LogP contribution in [0.25, 0.3) is 0 Å². The number of hydrogen-bond donors (Lipinski definition) is 1. The summed E-state index contributed by atoms with van der Waals surface area (Å²) in [6.45, 7) is 8.15. The van der Waals surface area contributed by atoms with Gasteiger partial charge in [-0.25, -0.2) is 0 Å². The van der Waals surface area contributed by atoms with Crippen molar-refractivity contribution < 1.29 is 9.84 Å². The van der Waals surface area contributed by atoms with Crippen LogP contribution in [0, 0.1) is 0 Å². The molecule has 1 N–H and O–H groups in total. The lowest BCUT2D eigenvalue weighted by Gasteiger charge is -2.38. The van der Waals surface area contributed by atoms with Crippen LogP contribution in [0.5, 0.6) is 0 Å². The summed E-state index contributed by atoms with van der Waals surface area (Å²) in [5.41, 5.74) is 2.35. The Labute approximate surface area is 161 Å². The SMILES string of the molecule is CCc1ccc([C@](C)(O)[C@@H](CN2CCOCC2)c2ccc(Cl)cc2)cc1. The predicted octanol–water partition coefficient (Wildman–Crippen LogP) is 4.23. The number of aryl methyl sites for hydroxylation is 1. The normalized spacial score (nSPS) is 19.1. The smallest absolute Gasteiger partial charge is 0.0949 e. The highest BCUT2D eigenvalue weighted by Crippen LogP contribution is 2.38. The molecule has 1 heterocycles. The van der Waals surface area contributed by atoms with Gasteiger partial charge in [-0.3, -0.25) is 4.90 Å². The average molecular weight is 374 g/mol. The Hall–Kier alpha value is -1.39. The van der Waals surface area contributed by atoms with Gasteiger partial charge in [0.05, 0.1) is 18.8 Å². The van der Waals surface area contributed by atoms with E-state index in [9.17, 15) is 5.11 Å². The van der Waals surface area contributed by atoms with Crippen LogP contribution < -0.4 is 0 Å². The first-order chi connectivity index (χ1) is 12.5. The first-order valence-corrected chi connectivity index (χ1v) is 9.76. The van der Waals surface area contributed by atoms with Crippen molar-refractivity contribution in [2.75, 3.05) is 32.8 Å². The average Bonchev–Trinajstić information content (AvgIpc) is 2.68. The van der Waals surface area contributed by atoms with E-state index in [-0.39, 0.29) is 5.92 Å². The number of halogens is 1. The highest BCUT2D eigenvalue weighted by molar-refractivity contribution is 6.30. The lowest BCUT2D eigenvalue weighted by molar-refractivity contribution is -0.0107. The molecule has 2 aromatic carbocycles. The van der Waals surface area contributed by atoms with Crippen LogP contribution in [0.1, 0.15) is 36.5 Å². The molecular weight excluding hydrogens is 346 g/mol. The molecule has 0 aliphatic carbocycles. The van der Waals surface area contributed by atoms with Crippen LogP contribution in [0.2, 0.25) is 5.02 Å². The third-order valence-corrected chi connectivity index (χ3v) is 5.69. The number of ether oxygens (including phenoxy) is 1. The second kappa shape index (κ2) is 8.53. The number of rotatable bonds is 6. The van der Waals surface area contributed by atoms with Crippen LogP contribution in [-0.2, 0) is 16.8 Å². The number of morpholine rings is 1. The molecule has 1 saturated heterocycles. The molecule has 2 aromatic rings. The van der Waals surface area contributed by atoms with Gasteiger partial charge < -0.3 is 9.84 Å². The molecule has 26 heavy (non-hydrogen) atoms. The van der Waals surface area contributed by atoms with Gasteiger partial charge in [-0.2, -0.15) is 0 Å². The standard InChI is InChI=1S/C22H28ClNO2/c1-3-17-4-8-19(9-5-17)22(2,25)21(16-24-12-14-26-15-13-24)18-6-10-20(23)11-7-18/h4-11,21,25H,3,12-16H2,1-2H3/t21-,22-/m0/s1. The van der Waals surface area contributed by atoms with Crippen LogP contribution in [0.15, 0.2) is 48.5 Å². The fourth-order valence-electron chi connectivity index (χ4n) is 3.62. The maximum Gasteiger partial charge on any atom is 0.0949 e. The van der Waals surface area contributed by atoms with Gasteiger partial charge in [0.25, 0.3) is 0 Å². The molecule has 0 bridgehead atoms. The first kappa shape index (κ1) is 19.4. The molecule has 2 atom stereocenters. The number of benzene rings is 2. The zero-order valence-corrected chi connectivity index (χ0v) is 16.4. The van der Waals surface area contributed by atoms with E-state index in [2.05, 4.69) is 36.1 Å². The molecule has 3 rings (SSSR count). The van der Waals surface area contributed by atoms with E-state index in [4.69, 9.17) is 16.3 Å². The van der Waals surface area contributed by atoms with Crippen LogP contribution >= 0.6 is 11.6 Å². The van der Waals surface area contributed by atoms with Crippen LogP contribution in [0.3, 0.4) is 0 Å². The van der Waals surface area contributed by atoms with Crippen LogP contribution in [-0.4, -0.2) is 42.9 Å². The molecule has 0 saturated carbocycles.